The summed E-state index contributed by atoms with van der Waals surface area (Å²) >= 11 is 0. The number of carbonyl (C=O) groups is 3. The van der Waals surface area contributed by atoms with Crippen LogP contribution in [0.1, 0.15) is 18.4 Å². The van der Waals surface area contributed by atoms with E-state index in [2.05, 4.69) is 0 Å². The number of methoxy groups -OCH3 is 1. The normalized spacial score (nSPS) is 30.5. The number of aliphatic hydroxyl groups excluding tert-OH is 4. The van der Waals surface area contributed by atoms with Crippen LogP contribution in [0, 0.1) is 11.8 Å². The van der Waals surface area contributed by atoms with Gasteiger partial charge in [-0.2, -0.15) is 0 Å². The topological polar surface area (TPSA) is 219 Å². The van der Waals surface area contributed by atoms with E-state index in [4.69, 9.17) is 23.7 Å². The van der Waals surface area contributed by atoms with Crippen molar-refractivity contribution in [2.45, 2.75) is 56.3 Å². The maximum atomic E-state index is 12.7. The highest BCUT2D eigenvalue weighted by Crippen LogP contribution is 2.38. The smallest absolute Gasteiger partial charge is 0.337 e. The van der Waals surface area contributed by atoms with Gasteiger partial charge in [-0.05, 0) is 17.7 Å². The fourth-order valence-corrected chi connectivity index (χ4v) is 4.40. The van der Waals surface area contributed by atoms with E-state index in [0.29, 0.717) is 11.8 Å². The summed E-state index contributed by atoms with van der Waals surface area (Å²) in [5, 5.41) is 58.8. The highest BCUT2D eigenvalue weighted by molar-refractivity contribution is 5.90. The molecule has 0 amide bonds. The predicted molar refractivity (Wildman–Crippen MR) is 127 cm³/mol. The Labute approximate surface area is 222 Å². The molecule has 0 bridgehead atoms. The lowest BCUT2D eigenvalue weighted by molar-refractivity contribution is -0.341. The van der Waals surface area contributed by atoms with Gasteiger partial charge in [0.2, 0.25) is 6.29 Å². The second-order valence-electron chi connectivity index (χ2n) is 9.07. The number of benzene rings is 1. The van der Waals surface area contributed by atoms with Gasteiger partial charge in [0.25, 0.3) is 0 Å². The van der Waals surface area contributed by atoms with Gasteiger partial charge >= 0.3 is 11.9 Å². The first-order valence-corrected chi connectivity index (χ1v) is 12.1. The van der Waals surface area contributed by atoms with Gasteiger partial charge in [0.15, 0.2) is 17.8 Å². The van der Waals surface area contributed by atoms with Crippen LogP contribution in [0.25, 0.3) is 0 Å². The summed E-state index contributed by atoms with van der Waals surface area (Å²) in [4.78, 5) is 36.7. The van der Waals surface area contributed by atoms with Crippen molar-refractivity contribution >= 4 is 18.2 Å². The average molecular weight is 557 g/mol. The van der Waals surface area contributed by atoms with E-state index in [9.17, 15) is 45.0 Å². The van der Waals surface area contributed by atoms with Crippen molar-refractivity contribution in [2.24, 2.45) is 11.8 Å². The summed E-state index contributed by atoms with van der Waals surface area (Å²) in [6.45, 7) is -0.786. The fraction of sp³-hybridized carbons (Fsp3) is 0.560. The third-order valence-corrected chi connectivity index (χ3v) is 6.58. The number of phenolic OH excluding ortho intramolecular Hbond substituents is 2. The lowest BCUT2D eigenvalue weighted by Crippen LogP contribution is -2.60. The molecule has 2 aliphatic rings. The summed E-state index contributed by atoms with van der Waals surface area (Å²) in [6, 6.07) is 4.16. The zero-order valence-corrected chi connectivity index (χ0v) is 21.0. The monoisotopic (exact) mass is 556 g/mol. The predicted octanol–water partition coefficient (Wildman–Crippen LogP) is -1.38. The Morgan fingerprint density at radius 3 is 2.44 bits per heavy atom. The van der Waals surface area contributed by atoms with E-state index < -0.39 is 73.8 Å². The van der Waals surface area contributed by atoms with E-state index in [1.165, 1.54) is 12.1 Å². The van der Waals surface area contributed by atoms with Gasteiger partial charge in [0, 0.05) is 24.7 Å². The molecule has 1 aromatic carbocycles. The SMILES string of the molecule is COC(=O)C1=COC(OC2OC(CO)C(O)C(O)C2O)C(CC=O)C1CC(=O)OCCc1ccc(O)c(O)c1. The molecule has 3 rings (SSSR count). The molecule has 2 heterocycles. The molecular weight excluding hydrogens is 524 g/mol. The summed E-state index contributed by atoms with van der Waals surface area (Å²) in [6.07, 6.45) is -8.23. The Morgan fingerprint density at radius 1 is 1.05 bits per heavy atom. The number of ether oxygens (including phenoxy) is 5. The Hall–Kier alpha value is -3.27. The minimum Gasteiger partial charge on any atom is -0.504 e. The Morgan fingerprint density at radius 2 is 1.79 bits per heavy atom. The number of rotatable bonds is 11. The van der Waals surface area contributed by atoms with Crippen LogP contribution in [0.15, 0.2) is 30.0 Å². The maximum Gasteiger partial charge on any atom is 0.337 e. The number of esters is 2. The lowest BCUT2D eigenvalue weighted by atomic mass is 9.80. The standard InChI is InChI=1S/C25H32O14/c1-35-23(34)15-11-37-24(39-25-22(33)21(32)20(31)18(10-27)38-25)13(4-6-26)14(15)9-19(30)36-7-5-12-2-3-16(28)17(29)8-12/h2-3,6,8,11,13-14,18,20-22,24-25,27-29,31-33H,4-5,7,9-10H2,1H3. The fourth-order valence-electron chi connectivity index (χ4n) is 4.40. The number of hydrogen-bond donors (Lipinski definition) is 6. The van der Waals surface area contributed by atoms with Gasteiger partial charge in [-0.1, -0.05) is 6.07 Å². The minimum atomic E-state index is -1.75. The molecule has 0 radical (unpaired) electrons. The molecule has 14 nitrogen and oxygen atoms in total. The summed E-state index contributed by atoms with van der Waals surface area (Å²) in [7, 11) is 1.12. The number of aromatic hydroxyl groups is 2. The van der Waals surface area contributed by atoms with Crippen LogP contribution in [-0.4, -0.2) is 106 Å². The van der Waals surface area contributed by atoms with Crippen molar-refractivity contribution in [1.29, 1.82) is 0 Å². The molecule has 216 valence electrons. The molecular formula is C25H32O14. The highest BCUT2D eigenvalue weighted by atomic mass is 16.8. The Balaban J connectivity index is 1.73. The van der Waals surface area contributed by atoms with E-state index in [0.717, 1.165) is 13.4 Å². The van der Waals surface area contributed by atoms with Gasteiger partial charge in [-0.25, -0.2) is 4.79 Å². The molecule has 0 aromatic heterocycles. The molecule has 1 saturated heterocycles. The summed E-state index contributed by atoms with van der Waals surface area (Å²) in [5.74, 6) is -4.14. The third-order valence-electron chi connectivity index (χ3n) is 6.58. The highest BCUT2D eigenvalue weighted by Gasteiger charge is 2.48. The number of phenols is 2. The number of carbonyl (C=O) groups excluding carboxylic acids is 3. The van der Waals surface area contributed by atoms with Crippen LogP contribution in [-0.2, 0) is 44.5 Å². The van der Waals surface area contributed by atoms with Crippen LogP contribution in [0.4, 0.5) is 0 Å². The Bertz CT molecular complexity index is 1040. The average Bonchev–Trinajstić information content (AvgIpc) is 2.92. The van der Waals surface area contributed by atoms with E-state index in [1.807, 2.05) is 0 Å². The van der Waals surface area contributed by atoms with Crippen molar-refractivity contribution in [1.82, 2.24) is 0 Å². The van der Waals surface area contributed by atoms with Crippen LogP contribution in [0.3, 0.4) is 0 Å². The van der Waals surface area contributed by atoms with Crippen molar-refractivity contribution in [3.05, 3.63) is 35.6 Å². The second-order valence-corrected chi connectivity index (χ2v) is 9.07. The lowest BCUT2D eigenvalue weighted by Gasteiger charge is -2.43. The Kier molecular flexibility index (Phi) is 10.6. The molecule has 14 heteroatoms. The van der Waals surface area contributed by atoms with Crippen LogP contribution in [0.2, 0.25) is 0 Å². The molecule has 0 spiro atoms. The quantitative estimate of drug-likeness (QED) is 0.105. The van der Waals surface area contributed by atoms with Gasteiger partial charge < -0.3 is 59.1 Å². The van der Waals surface area contributed by atoms with Crippen molar-refractivity contribution in [3.63, 3.8) is 0 Å². The van der Waals surface area contributed by atoms with Gasteiger partial charge in [-0.3, -0.25) is 4.79 Å². The molecule has 8 unspecified atom stereocenters. The molecule has 1 aromatic rings. The number of aliphatic hydroxyl groups is 4. The van der Waals surface area contributed by atoms with E-state index >= 15 is 0 Å². The first-order valence-electron chi connectivity index (χ1n) is 12.1. The summed E-state index contributed by atoms with van der Waals surface area (Å²) < 4.78 is 26.6. The molecule has 0 saturated carbocycles. The molecule has 1 fully saturated rings. The molecule has 8 atom stereocenters. The number of aldehydes is 1. The summed E-state index contributed by atoms with van der Waals surface area (Å²) in [5.41, 5.74) is 0.518. The first kappa shape index (κ1) is 30.3. The van der Waals surface area contributed by atoms with Gasteiger partial charge in [-0.15, -0.1) is 0 Å². The van der Waals surface area contributed by atoms with Crippen molar-refractivity contribution in [2.75, 3.05) is 20.3 Å². The van der Waals surface area contributed by atoms with Gasteiger partial charge in [0.05, 0.1) is 38.6 Å². The zero-order valence-electron chi connectivity index (χ0n) is 21.0. The van der Waals surface area contributed by atoms with Crippen molar-refractivity contribution in [3.8, 4) is 11.5 Å². The second kappa shape index (κ2) is 13.7. The third kappa shape index (κ3) is 7.23. The molecule has 2 aliphatic heterocycles. The molecule has 39 heavy (non-hydrogen) atoms. The van der Waals surface area contributed by atoms with Crippen molar-refractivity contribution < 1.29 is 68.7 Å². The number of hydrogen-bond acceptors (Lipinski definition) is 14. The van der Waals surface area contributed by atoms with Gasteiger partial charge in [0.1, 0.15) is 30.7 Å². The first-order chi connectivity index (χ1) is 18.6. The molecule has 6 N–H and O–H groups in total. The van der Waals surface area contributed by atoms with E-state index in [1.54, 1.807) is 6.07 Å². The largest absolute Gasteiger partial charge is 0.504 e. The maximum absolute atomic E-state index is 12.7. The zero-order chi connectivity index (χ0) is 28.7. The minimum absolute atomic E-state index is 0.0709. The van der Waals surface area contributed by atoms with E-state index in [-0.39, 0.29) is 36.5 Å². The van der Waals surface area contributed by atoms with Crippen LogP contribution < -0.4 is 0 Å². The van der Waals surface area contributed by atoms with Crippen LogP contribution in [0.5, 0.6) is 11.5 Å². The molecule has 0 aliphatic carbocycles. The van der Waals surface area contributed by atoms with Crippen LogP contribution >= 0.6 is 0 Å².